The summed E-state index contributed by atoms with van der Waals surface area (Å²) < 4.78 is 19.6. The Morgan fingerprint density at radius 3 is 2.69 bits per heavy atom. The second kappa shape index (κ2) is 11.0. The van der Waals surface area contributed by atoms with Crippen LogP contribution in [0.25, 0.3) is 0 Å². The monoisotopic (exact) mass is 365 g/mol. The van der Waals surface area contributed by atoms with Crippen LogP contribution in [0.1, 0.15) is 33.4 Å². The molecule has 3 N–H and O–H groups in total. The lowest BCUT2D eigenvalue weighted by Crippen LogP contribution is -2.33. The van der Waals surface area contributed by atoms with Crippen molar-refractivity contribution < 1.29 is 13.9 Å². The Hall–Kier alpha value is -2.77. The third-order valence-corrected chi connectivity index (χ3v) is 3.37. The lowest BCUT2D eigenvalue weighted by Gasteiger charge is -2.31. The number of aromatic nitrogens is 2. The van der Waals surface area contributed by atoms with Crippen LogP contribution in [0.3, 0.4) is 0 Å². The average Bonchev–Trinajstić information content (AvgIpc) is 3.19. The van der Waals surface area contributed by atoms with Gasteiger partial charge in [-0.1, -0.05) is 27.7 Å². The summed E-state index contributed by atoms with van der Waals surface area (Å²) in [7, 11) is 1.50. The van der Waals surface area contributed by atoms with Gasteiger partial charge >= 0.3 is 6.03 Å². The van der Waals surface area contributed by atoms with Crippen LogP contribution < -0.4 is 20.3 Å². The van der Waals surface area contributed by atoms with E-state index in [1.54, 1.807) is 18.6 Å². The van der Waals surface area contributed by atoms with Crippen molar-refractivity contribution in [3.05, 3.63) is 36.2 Å². The minimum absolute atomic E-state index is 0.202. The number of urea groups is 1. The number of aromatic amines is 1. The van der Waals surface area contributed by atoms with Crippen LogP contribution in [0.15, 0.2) is 24.7 Å². The topological polar surface area (TPSA) is 82.3 Å². The average molecular weight is 365 g/mol. The van der Waals surface area contributed by atoms with Gasteiger partial charge in [0.15, 0.2) is 11.6 Å². The fourth-order valence-electron chi connectivity index (χ4n) is 2.34. The Kier molecular flexibility index (Phi) is 8.97. The highest BCUT2D eigenvalue weighted by atomic mass is 19.1. The van der Waals surface area contributed by atoms with Crippen LogP contribution in [0, 0.1) is 5.82 Å². The smallest absolute Gasteiger partial charge is 0.318 e. The highest BCUT2D eigenvalue weighted by molar-refractivity contribution is 5.90. The molecule has 1 aromatic heterocycles. The molecule has 0 bridgehead atoms. The van der Waals surface area contributed by atoms with Crippen molar-refractivity contribution in [3.8, 4) is 5.75 Å². The van der Waals surface area contributed by atoms with E-state index in [4.69, 9.17) is 4.74 Å². The van der Waals surface area contributed by atoms with Gasteiger partial charge in [0.1, 0.15) is 6.61 Å². The van der Waals surface area contributed by atoms with Gasteiger partial charge in [0.2, 0.25) is 0 Å². The number of nitrogens with zero attached hydrogens (tertiary/aromatic N) is 2. The molecule has 0 fully saturated rings. The number of carbonyl (C=O) groups excluding carboxylic acids is 1. The van der Waals surface area contributed by atoms with Gasteiger partial charge in [0, 0.05) is 25.0 Å². The molecule has 2 aromatic rings. The second-order valence-corrected chi connectivity index (χ2v) is 4.86. The van der Waals surface area contributed by atoms with Crippen LogP contribution in [-0.2, 0) is 6.54 Å². The van der Waals surface area contributed by atoms with E-state index in [0.29, 0.717) is 31.1 Å². The third kappa shape index (κ3) is 5.37. The van der Waals surface area contributed by atoms with E-state index < -0.39 is 11.8 Å². The van der Waals surface area contributed by atoms with Crippen molar-refractivity contribution in [3.63, 3.8) is 0 Å². The molecule has 26 heavy (non-hydrogen) atoms. The first-order chi connectivity index (χ1) is 12.7. The number of hydrogen-bond donors (Lipinski definition) is 3. The lowest BCUT2D eigenvalue weighted by atomic mass is 10.2. The maximum atomic E-state index is 14.2. The van der Waals surface area contributed by atoms with E-state index in [1.165, 1.54) is 13.1 Å². The van der Waals surface area contributed by atoms with Gasteiger partial charge < -0.3 is 25.3 Å². The first-order valence-corrected chi connectivity index (χ1v) is 8.84. The molecule has 3 rings (SSSR count). The van der Waals surface area contributed by atoms with E-state index >= 15 is 0 Å². The number of fused-ring (bicyclic) bond motifs is 1. The summed E-state index contributed by atoms with van der Waals surface area (Å²) in [5, 5.41) is 5.00. The maximum absolute atomic E-state index is 14.2. The van der Waals surface area contributed by atoms with Crippen molar-refractivity contribution in [2.45, 2.75) is 34.2 Å². The summed E-state index contributed by atoms with van der Waals surface area (Å²) in [4.78, 5) is 20.4. The molecule has 8 heteroatoms. The molecule has 1 aliphatic rings. The molecule has 144 valence electrons. The number of ether oxygens (including phenoxy) is 1. The van der Waals surface area contributed by atoms with Crippen molar-refractivity contribution in [2.24, 2.45) is 0 Å². The fourth-order valence-corrected chi connectivity index (χ4v) is 2.34. The molecule has 7 nitrogen and oxygen atoms in total. The number of amides is 2. The minimum atomic E-state index is -0.502. The number of rotatable bonds is 3. The number of imidazole rings is 1. The number of H-pyrrole nitrogens is 1. The van der Waals surface area contributed by atoms with Crippen LogP contribution >= 0.6 is 0 Å². The first-order valence-electron chi connectivity index (χ1n) is 8.84. The molecule has 0 radical (unpaired) electrons. The van der Waals surface area contributed by atoms with E-state index in [9.17, 15) is 9.18 Å². The van der Waals surface area contributed by atoms with Crippen molar-refractivity contribution in [1.82, 2.24) is 15.3 Å². The molecule has 2 amide bonds. The number of nitrogens with one attached hydrogen (secondary N) is 3. The van der Waals surface area contributed by atoms with Crippen LogP contribution in [0.5, 0.6) is 5.75 Å². The highest BCUT2D eigenvalue weighted by Crippen LogP contribution is 2.37. The van der Waals surface area contributed by atoms with Gasteiger partial charge in [-0.3, -0.25) is 0 Å². The van der Waals surface area contributed by atoms with Gasteiger partial charge in [0.25, 0.3) is 0 Å². The van der Waals surface area contributed by atoms with E-state index in [-0.39, 0.29) is 5.75 Å². The molecule has 2 heterocycles. The lowest BCUT2D eigenvalue weighted by molar-refractivity contribution is 0.254. The predicted molar refractivity (Wildman–Crippen MR) is 102 cm³/mol. The zero-order chi connectivity index (χ0) is 19.5. The third-order valence-electron chi connectivity index (χ3n) is 3.37. The minimum Gasteiger partial charge on any atom is -0.486 e. The quantitative estimate of drug-likeness (QED) is 0.774. The number of anilines is 2. The molecule has 1 aromatic carbocycles. The largest absolute Gasteiger partial charge is 0.486 e. The van der Waals surface area contributed by atoms with Gasteiger partial charge in [-0.05, 0) is 6.07 Å². The Bertz CT molecular complexity index is 676. The Morgan fingerprint density at radius 1 is 1.35 bits per heavy atom. The SMILES string of the molecule is CC.CC.CNC(=O)Nc1cc(F)c2c(c1)N(Cc1cnc[nH]1)CCO2. The zero-order valence-electron chi connectivity index (χ0n) is 16.0. The predicted octanol–water partition coefficient (Wildman–Crippen LogP) is 3.75. The molecule has 1 aliphatic heterocycles. The van der Waals surface area contributed by atoms with Crippen LogP contribution in [-0.4, -0.2) is 36.2 Å². The fraction of sp³-hybridized carbons (Fsp3) is 0.444. The summed E-state index contributed by atoms with van der Waals surface area (Å²) in [6.45, 7) is 9.58. The highest BCUT2D eigenvalue weighted by Gasteiger charge is 2.23. The van der Waals surface area contributed by atoms with Crippen LogP contribution in [0.2, 0.25) is 0 Å². The first kappa shape index (κ1) is 21.3. The van der Waals surface area contributed by atoms with E-state index in [1.807, 2.05) is 32.6 Å². The normalized spacial score (nSPS) is 11.7. The molecule has 0 saturated carbocycles. The molecular weight excluding hydrogens is 337 g/mol. The maximum Gasteiger partial charge on any atom is 0.318 e. The summed E-state index contributed by atoms with van der Waals surface area (Å²) in [5.74, 6) is -0.300. The van der Waals surface area contributed by atoms with Crippen LogP contribution in [0.4, 0.5) is 20.6 Å². The van der Waals surface area contributed by atoms with Gasteiger partial charge in [-0.2, -0.15) is 0 Å². The molecule has 0 saturated heterocycles. The van der Waals surface area contributed by atoms with Gasteiger partial charge in [-0.15, -0.1) is 0 Å². The van der Waals surface area contributed by atoms with Gasteiger partial charge in [0.05, 0.1) is 30.8 Å². The number of halogens is 1. The summed E-state index contributed by atoms with van der Waals surface area (Å²) in [6, 6.07) is 2.54. The number of carbonyl (C=O) groups is 1. The second-order valence-electron chi connectivity index (χ2n) is 4.86. The molecule has 0 unspecified atom stereocenters. The van der Waals surface area contributed by atoms with E-state index in [2.05, 4.69) is 20.6 Å². The number of benzene rings is 1. The van der Waals surface area contributed by atoms with E-state index in [0.717, 1.165) is 5.69 Å². The number of hydrogen-bond acceptors (Lipinski definition) is 4. The standard InChI is InChI=1S/C14H16FN5O2.2C2H6/c1-16-14(21)19-9-4-11(15)13-12(5-9)20(2-3-22-13)7-10-6-17-8-18-10;2*1-2/h4-6,8H,2-3,7H2,1H3,(H,17,18)(H2,16,19,21);2*1-2H3. The Balaban J connectivity index is 0.000000791. The summed E-state index contributed by atoms with van der Waals surface area (Å²) in [5.41, 5.74) is 1.89. The Labute approximate surface area is 154 Å². The van der Waals surface area contributed by atoms with Crippen molar-refractivity contribution in [1.29, 1.82) is 0 Å². The molecule has 0 atom stereocenters. The summed E-state index contributed by atoms with van der Waals surface area (Å²) >= 11 is 0. The Morgan fingerprint density at radius 2 is 2.08 bits per heavy atom. The van der Waals surface area contributed by atoms with Crippen molar-refractivity contribution >= 4 is 17.4 Å². The van der Waals surface area contributed by atoms with Crippen molar-refractivity contribution in [2.75, 3.05) is 30.4 Å². The summed E-state index contributed by atoms with van der Waals surface area (Å²) in [6.07, 6.45) is 3.32. The molecule has 0 aliphatic carbocycles. The molecule has 0 spiro atoms. The molecular formula is C18H28FN5O2. The zero-order valence-corrected chi connectivity index (χ0v) is 16.0. The van der Waals surface area contributed by atoms with Gasteiger partial charge in [-0.25, -0.2) is 14.2 Å².